The van der Waals surface area contributed by atoms with E-state index in [9.17, 15) is 14.0 Å². The van der Waals surface area contributed by atoms with Gasteiger partial charge in [0, 0.05) is 17.5 Å². The summed E-state index contributed by atoms with van der Waals surface area (Å²) in [6.07, 6.45) is 2.65. The van der Waals surface area contributed by atoms with E-state index in [1.165, 1.54) is 17.0 Å². The molecule has 138 valence electrons. The average molecular weight is 375 g/mol. The number of amides is 3. The van der Waals surface area contributed by atoms with Crippen molar-refractivity contribution in [3.63, 3.8) is 0 Å². The second-order valence-electron chi connectivity index (χ2n) is 6.31. The van der Waals surface area contributed by atoms with Crippen molar-refractivity contribution in [1.29, 1.82) is 0 Å². The summed E-state index contributed by atoms with van der Waals surface area (Å²) in [5.41, 5.74) is 0.997. The number of rotatable bonds is 6. The number of urea groups is 1. The highest BCUT2D eigenvalue weighted by molar-refractivity contribution is 7.09. The molecular weight excluding hydrogens is 353 g/mol. The van der Waals surface area contributed by atoms with Crippen molar-refractivity contribution >= 4 is 23.3 Å². The van der Waals surface area contributed by atoms with E-state index in [2.05, 4.69) is 10.6 Å². The van der Waals surface area contributed by atoms with Crippen molar-refractivity contribution in [3.05, 3.63) is 58.0 Å². The van der Waals surface area contributed by atoms with Crippen LogP contribution < -0.4 is 10.6 Å². The standard InChI is InChI=1S/C19H22FN3O2S/c20-15-7-5-14(6-8-15)17-4-1-11-23(17)13-18(24)22-19(25)21-10-9-16-3-2-12-26-16/h2-3,5-8,12,17H,1,4,9-11,13H2,(H2,21,22,24,25). The van der Waals surface area contributed by atoms with Crippen molar-refractivity contribution in [2.45, 2.75) is 25.3 Å². The molecule has 2 aromatic rings. The van der Waals surface area contributed by atoms with Crippen LogP contribution in [0.1, 0.15) is 29.3 Å². The van der Waals surface area contributed by atoms with Crippen molar-refractivity contribution < 1.29 is 14.0 Å². The second kappa shape index (κ2) is 8.91. The molecule has 2 N–H and O–H groups in total. The van der Waals surface area contributed by atoms with E-state index >= 15 is 0 Å². The Balaban J connectivity index is 1.44. The van der Waals surface area contributed by atoms with Gasteiger partial charge in [0.2, 0.25) is 5.91 Å². The van der Waals surface area contributed by atoms with Crippen LogP contribution in [0.15, 0.2) is 41.8 Å². The molecule has 1 saturated heterocycles. The van der Waals surface area contributed by atoms with Crippen molar-refractivity contribution in [1.82, 2.24) is 15.5 Å². The summed E-state index contributed by atoms with van der Waals surface area (Å²) < 4.78 is 13.1. The van der Waals surface area contributed by atoms with Crippen molar-refractivity contribution in [3.8, 4) is 0 Å². The number of nitrogens with one attached hydrogen (secondary N) is 2. The Morgan fingerprint density at radius 2 is 2.04 bits per heavy atom. The van der Waals surface area contributed by atoms with Gasteiger partial charge in [-0.15, -0.1) is 11.3 Å². The first-order valence-corrected chi connectivity index (χ1v) is 9.59. The third kappa shape index (κ3) is 5.12. The van der Waals surface area contributed by atoms with Crippen LogP contribution in [0.2, 0.25) is 0 Å². The van der Waals surface area contributed by atoms with Gasteiger partial charge in [0.15, 0.2) is 0 Å². The molecule has 1 aliphatic rings. The molecule has 0 bridgehead atoms. The van der Waals surface area contributed by atoms with E-state index < -0.39 is 6.03 Å². The lowest BCUT2D eigenvalue weighted by molar-refractivity contribution is -0.121. The van der Waals surface area contributed by atoms with Crippen molar-refractivity contribution in [2.24, 2.45) is 0 Å². The quantitative estimate of drug-likeness (QED) is 0.816. The predicted molar refractivity (Wildman–Crippen MR) is 99.5 cm³/mol. The molecule has 3 rings (SSSR count). The Kier molecular flexibility index (Phi) is 6.35. The minimum absolute atomic E-state index is 0.0863. The highest BCUT2D eigenvalue weighted by Crippen LogP contribution is 2.31. The van der Waals surface area contributed by atoms with Crippen LogP contribution in [-0.4, -0.2) is 36.5 Å². The lowest BCUT2D eigenvalue weighted by atomic mass is 10.0. The van der Waals surface area contributed by atoms with E-state index in [1.807, 2.05) is 22.4 Å². The number of nitrogens with zero attached hydrogens (tertiary/aromatic N) is 1. The Bertz CT molecular complexity index is 734. The lowest BCUT2D eigenvalue weighted by Gasteiger charge is -2.24. The maximum absolute atomic E-state index is 13.1. The van der Waals surface area contributed by atoms with Gasteiger partial charge in [0.25, 0.3) is 0 Å². The maximum atomic E-state index is 13.1. The number of halogens is 1. The summed E-state index contributed by atoms with van der Waals surface area (Å²) in [4.78, 5) is 27.2. The van der Waals surface area contributed by atoms with Crippen LogP contribution in [0, 0.1) is 5.82 Å². The Morgan fingerprint density at radius 3 is 2.77 bits per heavy atom. The highest BCUT2D eigenvalue weighted by atomic mass is 32.1. The van der Waals surface area contributed by atoms with Gasteiger partial charge in [0.05, 0.1) is 6.54 Å². The zero-order valence-electron chi connectivity index (χ0n) is 14.4. The zero-order chi connectivity index (χ0) is 18.4. The number of carbonyl (C=O) groups is 2. The molecule has 1 fully saturated rings. The van der Waals surface area contributed by atoms with Crippen LogP contribution in [0.5, 0.6) is 0 Å². The van der Waals surface area contributed by atoms with Crippen LogP contribution in [0.4, 0.5) is 9.18 Å². The molecular formula is C19H22FN3O2S. The predicted octanol–water partition coefficient (Wildman–Crippen LogP) is 3.09. The first kappa shape index (κ1) is 18.5. The summed E-state index contributed by atoms with van der Waals surface area (Å²) in [6, 6.07) is 9.99. The smallest absolute Gasteiger partial charge is 0.321 e. The molecule has 1 atom stereocenters. The third-order valence-electron chi connectivity index (χ3n) is 4.46. The minimum Gasteiger partial charge on any atom is -0.337 e. The summed E-state index contributed by atoms with van der Waals surface area (Å²) >= 11 is 1.64. The lowest BCUT2D eigenvalue weighted by Crippen LogP contribution is -2.44. The SMILES string of the molecule is O=C(CN1CCCC1c1ccc(F)cc1)NC(=O)NCCc1cccs1. The average Bonchev–Trinajstić information content (AvgIpc) is 3.27. The van der Waals surface area contributed by atoms with E-state index in [0.717, 1.165) is 31.4 Å². The molecule has 2 heterocycles. The van der Waals surface area contributed by atoms with Gasteiger partial charge in [-0.3, -0.25) is 15.0 Å². The molecule has 0 saturated carbocycles. The van der Waals surface area contributed by atoms with Gasteiger partial charge in [-0.05, 0) is 54.9 Å². The zero-order valence-corrected chi connectivity index (χ0v) is 15.2. The monoisotopic (exact) mass is 375 g/mol. The van der Waals surface area contributed by atoms with E-state index in [0.29, 0.717) is 6.54 Å². The van der Waals surface area contributed by atoms with Gasteiger partial charge in [-0.2, -0.15) is 0 Å². The van der Waals surface area contributed by atoms with Gasteiger partial charge < -0.3 is 5.32 Å². The topological polar surface area (TPSA) is 61.4 Å². The fourth-order valence-corrected chi connectivity index (χ4v) is 3.94. The highest BCUT2D eigenvalue weighted by Gasteiger charge is 2.27. The van der Waals surface area contributed by atoms with Crippen LogP contribution in [0.3, 0.4) is 0 Å². The number of hydrogen-bond acceptors (Lipinski definition) is 4. The summed E-state index contributed by atoms with van der Waals surface area (Å²) in [6.45, 7) is 1.43. The first-order valence-electron chi connectivity index (χ1n) is 8.71. The number of hydrogen-bond donors (Lipinski definition) is 2. The molecule has 1 unspecified atom stereocenters. The molecule has 0 spiro atoms. The number of thiophene rings is 1. The van der Waals surface area contributed by atoms with E-state index in [1.54, 1.807) is 23.5 Å². The van der Waals surface area contributed by atoms with Gasteiger partial charge in [0.1, 0.15) is 5.82 Å². The largest absolute Gasteiger partial charge is 0.337 e. The normalized spacial score (nSPS) is 17.2. The van der Waals surface area contributed by atoms with Crippen molar-refractivity contribution in [2.75, 3.05) is 19.6 Å². The number of imide groups is 1. The van der Waals surface area contributed by atoms with Crippen LogP contribution >= 0.6 is 11.3 Å². The van der Waals surface area contributed by atoms with Gasteiger partial charge in [-0.1, -0.05) is 18.2 Å². The Labute approximate surface area is 156 Å². The number of carbonyl (C=O) groups excluding carboxylic acids is 2. The number of likely N-dealkylation sites (tertiary alicyclic amines) is 1. The summed E-state index contributed by atoms with van der Waals surface area (Å²) in [7, 11) is 0. The van der Waals surface area contributed by atoms with Crippen LogP contribution in [-0.2, 0) is 11.2 Å². The van der Waals surface area contributed by atoms with Gasteiger partial charge >= 0.3 is 6.03 Å². The maximum Gasteiger partial charge on any atom is 0.321 e. The Morgan fingerprint density at radius 1 is 1.23 bits per heavy atom. The molecule has 0 radical (unpaired) electrons. The molecule has 0 aliphatic carbocycles. The summed E-state index contributed by atoms with van der Waals surface area (Å²) in [5, 5.41) is 7.07. The minimum atomic E-state index is -0.468. The fourth-order valence-electron chi connectivity index (χ4n) is 3.23. The summed E-state index contributed by atoms with van der Waals surface area (Å²) in [5.74, 6) is -0.595. The van der Waals surface area contributed by atoms with Crippen LogP contribution in [0.25, 0.3) is 0 Å². The van der Waals surface area contributed by atoms with Gasteiger partial charge in [-0.25, -0.2) is 9.18 Å². The van der Waals surface area contributed by atoms with E-state index in [-0.39, 0.29) is 24.3 Å². The molecule has 3 amide bonds. The molecule has 26 heavy (non-hydrogen) atoms. The molecule has 1 aromatic heterocycles. The molecule has 5 nitrogen and oxygen atoms in total. The molecule has 1 aliphatic heterocycles. The van der Waals surface area contributed by atoms with E-state index in [4.69, 9.17) is 0 Å². The first-order chi connectivity index (χ1) is 12.6. The Hall–Kier alpha value is -2.25. The molecule has 1 aromatic carbocycles. The number of benzene rings is 1. The fraction of sp³-hybridized carbons (Fsp3) is 0.368. The third-order valence-corrected chi connectivity index (χ3v) is 5.39. The molecule has 7 heteroatoms. The second-order valence-corrected chi connectivity index (χ2v) is 7.35.